The summed E-state index contributed by atoms with van der Waals surface area (Å²) >= 11 is 3.10. The zero-order chi connectivity index (χ0) is 32.3. The van der Waals surface area contributed by atoms with Gasteiger partial charge in [-0.2, -0.15) is 0 Å². The minimum Gasteiger partial charge on any atom is -0.309 e. The zero-order valence-corrected chi connectivity index (χ0v) is 28.4. The lowest BCUT2D eigenvalue weighted by Gasteiger charge is -2.60. The topological polar surface area (TPSA) is 111 Å². The van der Waals surface area contributed by atoms with E-state index >= 15 is 0 Å². The fourth-order valence-corrected chi connectivity index (χ4v) is 11.4. The summed E-state index contributed by atoms with van der Waals surface area (Å²) in [6.07, 6.45) is 11.3. The van der Waals surface area contributed by atoms with Gasteiger partial charge in [-0.05, 0) is 93.3 Å². The number of amides is 7. The molecule has 6 fully saturated rings. The molecule has 7 amide bonds. The number of likely N-dealkylation sites (N-methyl/N-ethyl adjacent to an activating group) is 1. The van der Waals surface area contributed by atoms with Crippen molar-refractivity contribution in [2.45, 2.75) is 101 Å². The predicted molar refractivity (Wildman–Crippen MR) is 177 cm³/mol. The Morgan fingerprint density at radius 1 is 0.913 bits per heavy atom. The Labute approximate surface area is 279 Å². The van der Waals surface area contributed by atoms with Crippen molar-refractivity contribution in [3.8, 4) is 0 Å². The van der Waals surface area contributed by atoms with Crippen LogP contribution in [0.2, 0.25) is 0 Å². The van der Waals surface area contributed by atoms with E-state index in [-0.39, 0.29) is 34.4 Å². The molecular formula is C34H43N5O5S2. The molecule has 10 nitrogen and oxygen atoms in total. The van der Waals surface area contributed by atoms with E-state index in [1.165, 1.54) is 14.7 Å². The highest BCUT2D eigenvalue weighted by Gasteiger charge is 2.69. The molecule has 3 saturated heterocycles. The number of unbranched alkanes of at least 4 members (excludes halogenated alkanes) is 1. The normalized spacial score (nSPS) is 31.3. The summed E-state index contributed by atoms with van der Waals surface area (Å²) in [5.41, 5.74) is -0.0397. The van der Waals surface area contributed by atoms with Crippen LogP contribution in [0.4, 0.5) is 9.59 Å². The Kier molecular flexibility index (Phi) is 8.27. The summed E-state index contributed by atoms with van der Waals surface area (Å²) in [5.74, 6) is 0.702. The fourth-order valence-electron chi connectivity index (χ4n) is 8.77. The molecule has 12 heteroatoms. The third-order valence-electron chi connectivity index (χ3n) is 11.5. The molecule has 4 heterocycles. The molecule has 0 N–H and O–H groups in total. The average Bonchev–Trinajstić information content (AvgIpc) is 3.20. The molecule has 3 aliphatic heterocycles. The van der Waals surface area contributed by atoms with Gasteiger partial charge in [-0.15, -0.1) is 23.5 Å². The molecule has 0 unspecified atom stereocenters. The summed E-state index contributed by atoms with van der Waals surface area (Å²) in [6, 6.07) is 4.91. The molecule has 0 atom stereocenters. The van der Waals surface area contributed by atoms with E-state index in [9.17, 15) is 24.0 Å². The molecule has 46 heavy (non-hydrogen) atoms. The molecule has 1 aromatic heterocycles. The first kappa shape index (κ1) is 31.7. The molecule has 0 aromatic carbocycles. The number of thioether (sulfide) groups is 2. The summed E-state index contributed by atoms with van der Waals surface area (Å²) in [4.78, 5) is 79.0. The summed E-state index contributed by atoms with van der Waals surface area (Å²) < 4.78 is 0.747. The highest BCUT2D eigenvalue weighted by atomic mass is 32.2. The molecule has 7 rings (SSSR count). The van der Waals surface area contributed by atoms with Crippen LogP contribution in [0.5, 0.6) is 0 Å². The van der Waals surface area contributed by atoms with Crippen LogP contribution in [-0.4, -0.2) is 97.6 Å². The van der Waals surface area contributed by atoms with Gasteiger partial charge in [-0.25, -0.2) is 9.59 Å². The summed E-state index contributed by atoms with van der Waals surface area (Å²) in [7, 11) is 1.59. The third-order valence-corrected chi connectivity index (χ3v) is 14.1. The predicted octanol–water partition coefficient (Wildman–Crippen LogP) is 5.53. The van der Waals surface area contributed by atoms with E-state index in [2.05, 4.69) is 4.98 Å². The van der Waals surface area contributed by atoms with E-state index in [4.69, 9.17) is 0 Å². The van der Waals surface area contributed by atoms with Crippen LogP contribution in [0.3, 0.4) is 0 Å². The number of rotatable bonds is 7. The first-order valence-electron chi connectivity index (χ1n) is 16.9. The first-order valence-corrected chi connectivity index (χ1v) is 18.8. The lowest BCUT2D eigenvalue weighted by Crippen LogP contribution is -2.67. The van der Waals surface area contributed by atoms with Gasteiger partial charge in [-0.1, -0.05) is 25.8 Å². The maximum Gasteiger partial charge on any atom is 0.334 e. The average molecular weight is 666 g/mol. The number of hydrogen-bond donors (Lipinski definition) is 0. The Morgan fingerprint density at radius 3 is 2.24 bits per heavy atom. The number of carbonyl (C=O) groups excluding carboxylic acids is 5. The number of imide groups is 3. The van der Waals surface area contributed by atoms with Crippen molar-refractivity contribution in [3.05, 3.63) is 39.9 Å². The molecule has 0 radical (unpaired) electrons. The monoisotopic (exact) mass is 665 g/mol. The van der Waals surface area contributed by atoms with Gasteiger partial charge in [0.1, 0.15) is 11.1 Å². The van der Waals surface area contributed by atoms with Gasteiger partial charge in [0, 0.05) is 43.5 Å². The second-order valence-electron chi connectivity index (χ2n) is 14.2. The van der Waals surface area contributed by atoms with Crippen molar-refractivity contribution in [2.24, 2.45) is 5.41 Å². The van der Waals surface area contributed by atoms with Gasteiger partial charge in [0.2, 0.25) is 0 Å². The van der Waals surface area contributed by atoms with Gasteiger partial charge in [0.25, 0.3) is 17.7 Å². The number of barbiturate groups is 1. The Balaban J connectivity index is 1.09. The molecule has 0 bridgehead atoms. The van der Waals surface area contributed by atoms with Crippen LogP contribution in [0.25, 0.3) is 0 Å². The standard InChI is InChI=1S/C34H43N5O5S2/c1-3-4-17-37-26(40)25(28-45-18-8-19-46-28)27(41)39(31(37)44)23-10-14-32(15-11-23)20-34(21-32)29(42)36(2)30(43)38(34)22-33(12-7-13-33)24-9-5-6-16-35-24/h5-6,9,16,23H,3-4,7-8,10-15,17-22H2,1-2H3. The first-order chi connectivity index (χ1) is 22.2. The van der Waals surface area contributed by atoms with Crippen LogP contribution in [-0.2, 0) is 19.8 Å². The number of nitrogens with zero attached hydrogens (tertiary/aromatic N) is 5. The third kappa shape index (κ3) is 4.91. The van der Waals surface area contributed by atoms with Crippen molar-refractivity contribution in [2.75, 3.05) is 31.6 Å². The SMILES string of the molecule is CCCCN1C(=O)C(=C2SCCCS2)C(=O)N(C2CCC3(CC2)CC2(C3)C(=O)N(C)C(=O)N2CC2(c3ccccn3)CCC2)C1=O. The van der Waals surface area contributed by atoms with Gasteiger partial charge in [0.15, 0.2) is 0 Å². The van der Waals surface area contributed by atoms with E-state index in [0.29, 0.717) is 45.2 Å². The molecule has 246 valence electrons. The van der Waals surface area contributed by atoms with Gasteiger partial charge >= 0.3 is 12.1 Å². The molecular weight excluding hydrogens is 623 g/mol. The molecule has 6 aliphatic rings. The van der Waals surface area contributed by atoms with Crippen molar-refractivity contribution in [1.82, 2.24) is 24.6 Å². The van der Waals surface area contributed by atoms with Crippen LogP contribution < -0.4 is 0 Å². The molecule has 3 saturated carbocycles. The van der Waals surface area contributed by atoms with E-state index < -0.39 is 23.4 Å². The Bertz CT molecular complexity index is 1470. The Morgan fingerprint density at radius 2 is 1.63 bits per heavy atom. The van der Waals surface area contributed by atoms with E-state index in [1.54, 1.807) is 36.8 Å². The number of urea groups is 2. The largest absolute Gasteiger partial charge is 0.334 e. The smallest absolute Gasteiger partial charge is 0.309 e. The van der Waals surface area contributed by atoms with Crippen LogP contribution >= 0.6 is 23.5 Å². The van der Waals surface area contributed by atoms with Crippen LogP contribution in [0, 0.1) is 5.41 Å². The zero-order valence-electron chi connectivity index (χ0n) is 26.8. The van der Waals surface area contributed by atoms with Gasteiger partial charge in [0.05, 0.1) is 4.24 Å². The maximum absolute atomic E-state index is 13.9. The molecule has 1 aromatic rings. The lowest BCUT2D eigenvalue weighted by atomic mass is 9.50. The van der Waals surface area contributed by atoms with Crippen LogP contribution in [0.1, 0.15) is 89.7 Å². The number of aromatic nitrogens is 1. The summed E-state index contributed by atoms with van der Waals surface area (Å²) in [6.45, 7) is 2.82. The fraction of sp³-hybridized carbons (Fsp3) is 0.647. The molecule has 2 spiro atoms. The van der Waals surface area contributed by atoms with Crippen molar-refractivity contribution in [1.29, 1.82) is 0 Å². The van der Waals surface area contributed by atoms with Gasteiger partial charge < -0.3 is 4.90 Å². The number of pyridine rings is 1. The van der Waals surface area contributed by atoms with Crippen molar-refractivity contribution >= 4 is 53.3 Å². The second-order valence-corrected chi connectivity index (χ2v) is 16.6. The van der Waals surface area contributed by atoms with E-state index in [0.717, 1.165) is 66.4 Å². The number of hydrogen-bond acceptors (Lipinski definition) is 8. The highest BCUT2D eigenvalue weighted by molar-refractivity contribution is 8.22. The van der Waals surface area contributed by atoms with Crippen LogP contribution in [0.15, 0.2) is 34.2 Å². The highest BCUT2D eigenvalue weighted by Crippen LogP contribution is 2.62. The minimum absolute atomic E-state index is 0.119. The minimum atomic E-state index is -0.844. The lowest BCUT2D eigenvalue weighted by molar-refractivity contribution is -0.151. The Hall–Kier alpha value is -2.86. The second kappa shape index (κ2) is 12.0. The quantitative estimate of drug-likeness (QED) is 0.212. The van der Waals surface area contributed by atoms with Crippen molar-refractivity contribution in [3.63, 3.8) is 0 Å². The van der Waals surface area contributed by atoms with E-state index in [1.807, 2.05) is 30.0 Å². The van der Waals surface area contributed by atoms with Crippen molar-refractivity contribution < 1.29 is 24.0 Å². The summed E-state index contributed by atoms with van der Waals surface area (Å²) in [5, 5.41) is 0. The van der Waals surface area contributed by atoms with Gasteiger partial charge in [-0.3, -0.25) is 34.1 Å². The maximum atomic E-state index is 13.9. The number of carbonyl (C=O) groups is 5. The molecule has 3 aliphatic carbocycles.